The van der Waals surface area contributed by atoms with E-state index in [1.54, 1.807) is 0 Å². The van der Waals surface area contributed by atoms with Crippen molar-refractivity contribution in [1.29, 1.82) is 0 Å². The number of benzene rings is 5. The molecular weight excluding hydrogens is 892 g/mol. The number of para-hydroxylation sites is 2. The van der Waals surface area contributed by atoms with Gasteiger partial charge in [0, 0.05) is 6.20 Å². The van der Waals surface area contributed by atoms with E-state index in [1.165, 1.54) is 33.4 Å². The fraction of sp³-hybridized carbons (Fsp3) is 0.308. The molecule has 0 saturated carbocycles. The van der Waals surface area contributed by atoms with Crippen molar-refractivity contribution in [2.45, 2.75) is 97.8 Å². The second-order valence-electron chi connectivity index (χ2n) is 19.0. The van der Waals surface area contributed by atoms with Gasteiger partial charge < -0.3 is 0 Å². The van der Waals surface area contributed by atoms with Crippen LogP contribution in [0.25, 0.3) is 22.4 Å². The van der Waals surface area contributed by atoms with Crippen LogP contribution in [0.2, 0.25) is 0 Å². The van der Waals surface area contributed by atoms with E-state index in [0.29, 0.717) is 0 Å². The van der Waals surface area contributed by atoms with Gasteiger partial charge in [-0.1, -0.05) is 59.7 Å². The zero-order chi connectivity index (χ0) is 41.1. The number of aromatic nitrogens is 3. The van der Waals surface area contributed by atoms with E-state index >= 15 is 0 Å². The van der Waals surface area contributed by atoms with Gasteiger partial charge in [-0.05, 0) is 40.5 Å². The third-order valence-electron chi connectivity index (χ3n) is 11.6. The van der Waals surface area contributed by atoms with Gasteiger partial charge in [-0.25, -0.2) is 0 Å². The number of hydrogen-bond donors (Lipinski definition) is 0. The van der Waals surface area contributed by atoms with Crippen LogP contribution in [0.5, 0.6) is 11.5 Å². The van der Waals surface area contributed by atoms with Gasteiger partial charge in [0.25, 0.3) is 0 Å². The molecule has 3 heterocycles. The molecule has 0 aliphatic carbocycles. The summed E-state index contributed by atoms with van der Waals surface area (Å²) in [6.45, 7) is 23.7. The topological polar surface area (TPSA) is 35.2 Å². The Morgan fingerprint density at radius 2 is 1.22 bits per heavy atom. The third-order valence-corrected chi connectivity index (χ3v) is 12.6. The van der Waals surface area contributed by atoms with Gasteiger partial charge in [0.1, 0.15) is 0 Å². The van der Waals surface area contributed by atoms with Crippen molar-refractivity contribution in [3.05, 3.63) is 165 Å². The number of hydrogen-bond acceptors (Lipinski definition) is 3. The Balaban J connectivity index is 1.19. The Labute approximate surface area is 355 Å². The van der Waals surface area contributed by atoms with E-state index in [-0.39, 0.29) is 22.2 Å². The van der Waals surface area contributed by atoms with E-state index in [9.17, 15) is 0 Å². The van der Waals surface area contributed by atoms with Crippen molar-refractivity contribution in [3.8, 4) is 22.9 Å². The predicted octanol–water partition coefficient (Wildman–Crippen LogP) is 13.6. The summed E-state index contributed by atoms with van der Waals surface area (Å²) < 4.78 is 12.6. The summed E-state index contributed by atoms with van der Waals surface area (Å²) in [7, 11) is 0. The van der Waals surface area contributed by atoms with Crippen LogP contribution < -0.4 is 9.64 Å². The van der Waals surface area contributed by atoms with Crippen molar-refractivity contribution >= 4 is 22.5 Å². The first-order valence-corrected chi connectivity index (χ1v) is 21.7. The number of rotatable bonds is 6. The molecular formula is C52H56N4OPt. The summed E-state index contributed by atoms with van der Waals surface area (Å²) >= 11 is 2.47. The van der Waals surface area contributed by atoms with E-state index < -0.39 is 0 Å². The van der Waals surface area contributed by atoms with Gasteiger partial charge in [-0.2, -0.15) is 0 Å². The summed E-state index contributed by atoms with van der Waals surface area (Å²) in [6, 6.07) is 44.3. The molecule has 1 atom stereocenters. The molecule has 1 aliphatic rings. The van der Waals surface area contributed by atoms with Crippen LogP contribution in [0.3, 0.4) is 0 Å². The Morgan fingerprint density at radius 3 is 1.84 bits per heavy atom. The Hall–Kier alpha value is -4.99. The summed E-state index contributed by atoms with van der Waals surface area (Å²) in [5.74, 6) is 2.80. The van der Waals surface area contributed by atoms with Gasteiger partial charge >= 0.3 is 251 Å². The normalized spacial score (nSPS) is 14.8. The Morgan fingerprint density at radius 1 is 0.603 bits per heavy atom. The number of anilines is 2. The summed E-state index contributed by atoms with van der Waals surface area (Å²) in [5.41, 5.74) is 13.8. The fourth-order valence-electron chi connectivity index (χ4n) is 8.15. The van der Waals surface area contributed by atoms with Crippen LogP contribution in [-0.2, 0) is 35.6 Å². The maximum atomic E-state index is 6.80. The van der Waals surface area contributed by atoms with E-state index in [1.807, 2.05) is 6.20 Å². The molecule has 7 aromatic rings. The van der Waals surface area contributed by atoms with Crippen LogP contribution in [0.4, 0.5) is 11.5 Å². The molecule has 0 amide bonds. The number of fused-ring (bicyclic) bond motifs is 2. The summed E-state index contributed by atoms with van der Waals surface area (Å²) in [5, 5.41) is 0. The van der Waals surface area contributed by atoms with Gasteiger partial charge in [-0.3, -0.25) is 0 Å². The summed E-state index contributed by atoms with van der Waals surface area (Å²) in [4.78, 5) is 7.24. The first-order chi connectivity index (χ1) is 27.5. The molecule has 5 aromatic carbocycles. The van der Waals surface area contributed by atoms with Gasteiger partial charge in [-0.15, -0.1) is 0 Å². The van der Waals surface area contributed by atoms with Gasteiger partial charge in [0.05, 0.1) is 0 Å². The first kappa shape index (κ1) is 39.8. The predicted molar refractivity (Wildman–Crippen MR) is 237 cm³/mol. The molecule has 0 fully saturated rings. The zero-order valence-corrected chi connectivity index (χ0v) is 37.9. The quantitative estimate of drug-likeness (QED) is 0.167. The average molecular weight is 948 g/mol. The molecule has 0 bridgehead atoms. The fourth-order valence-corrected chi connectivity index (χ4v) is 9.29. The molecule has 1 unspecified atom stereocenters. The van der Waals surface area contributed by atoms with Crippen molar-refractivity contribution in [2.75, 3.05) is 11.4 Å². The molecule has 0 saturated heterocycles. The van der Waals surface area contributed by atoms with Crippen LogP contribution in [0.15, 0.2) is 128 Å². The SMILES string of the molecule is Cc1ccnc(N2CCC(c3cc(C(C)(C)C)cc(C(C)(C)C)c3)c3ccc(Oc4cccc(-n5[c](=[Pt])n(-c6ccc(C(C)(C)C)cc6)c6ccccc65)c4)cc32)c1. The number of aryl methyl sites for hydroxylation is 1. The summed E-state index contributed by atoms with van der Waals surface area (Å²) in [6.07, 6.45) is 2.91. The Bertz CT molecular complexity index is 2670. The monoisotopic (exact) mass is 947 g/mol. The molecule has 0 spiro atoms. The van der Waals surface area contributed by atoms with Crippen LogP contribution in [-0.4, -0.2) is 20.7 Å². The molecule has 58 heavy (non-hydrogen) atoms. The van der Waals surface area contributed by atoms with Crippen LogP contribution in [0.1, 0.15) is 108 Å². The van der Waals surface area contributed by atoms with Gasteiger partial charge in [0.2, 0.25) is 0 Å². The third kappa shape index (κ3) is 7.78. The first-order valence-electron chi connectivity index (χ1n) is 20.5. The average Bonchev–Trinajstić information content (AvgIpc) is 3.47. The molecule has 2 aromatic heterocycles. The molecule has 5 nitrogen and oxygen atoms in total. The van der Waals surface area contributed by atoms with Crippen molar-refractivity contribution < 1.29 is 24.1 Å². The van der Waals surface area contributed by atoms with E-state index in [2.05, 4.69) is 224 Å². The number of nitrogens with zero attached hydrogens (tertiary/aromatic N) is 4. The van der Waals surface area contributed by atoms with Crippen molar-refractivity contribution in [1.82, 2.24) is 14.1 Å². The van der Waals surface area contributed by atoms with Crippen molar-refractivity contribution in [3.63, 3.8) is 0 Å². The number of imidazole rings is 1. The number of pyridine rings is 1. The minimum atomic E-state index is 0.0419. The van der Waals surface area contributed by atoms with E-state index in [4.69, 9.17) is 9.72 Å². The van der Waals surface area contributed by atoms with Gasteiger partial charge in [0.15, 0.2) is 0 Å². The second-order valence-corrected chi connectivity index (χ2v) is 20.1. The minimum absolute atomic E-state index is 0.0419. The molecule has 8 rings (SSSR count). The zero-order valence-electron chi connectivity index (χ0n) is 35.6. The molecule has 0 radical (unpaired) electrons. The van der Waals surface area contributed by atoms with E-state index in [0.717, 1.165) is 62.2 Å². The molecule has 6 heteroatoms. The standard InChI is InChI=1S/C52H56N4O.Pt/c1-35-24-26-53-49(28-35)54-27-25-44(36-29-38(51(5,6)7)31-39(30-36)52(8,9)10)45-23-22-43(33-48(45)54)57-42-15-13-14-41(32-42)56-34-55(46-16-11-12-17-47(46)56)40-20-18-37(19-21-40)50(2,3)4;/h11-24,26,28-33,44H,25,27H2,1-10H3;. The second kappa shape index (κ2) is 15.0. The van der Waals surface area contributed by atoms with Crippen molar-refractivity contribution in [2.24, 2.45) is 0 Å². The Kier molecular flexibility index (Phi) is 10.3. The number of ether oxygens (including phenoxy) is 1. The molecule has 1 aliphatic heterocycles. The molecule has 300 valence electrons. The maximum absolute atomic E-state index is 6.80. The molecule has 0 N–H and O–H groups in total. The van der Waals surface area contributed by atoms with Crippen LogP contribution in [0, 0.1) is 10.7 Å². The van der Waals surface area contributed by atoms with Crippen LogP contribution >= 0.6 is 0 Å².